The third kappa shape index (κ3) is 3.94. The van der Waals surface area contributed by atoms with Crippen LogP contribution in [0.3, 0.4) is 0 Å². The lowest BCUT2D eigenvalue weighted by molar-refractivity contribution is -0.147. The highest BCUT2D eigenvalue weighted by Gasteiger charge is 2.32. The predicted octanol–water partition coefficient (Wildman–Crippen LogP) is 3.11. The van der Waals surface area contributed by atoms with E-state index in [2.05, 4.69) is 15.4 Å². The number of aromatic nitrogens is 1. The molecule has 2 N–H and O–H groups in total. The molecule has 0 bridgehead atoms. The molecule has 4 rings (SSSR count). The molecule has 0 spiro atoms. The van der Waals surface area contributed by atoms with E-state index in [0.717, 1.165) is 11.1 Å². The van der Waals surface area contributed by atoms with Crippen LogP contribution in [-0.4, -0.2) is 40.1 Å². The van der Waals surface area contributed by atoms with Gasteiger partial charge in [0.25, 0.3) is 5.91 Å². The molecule has 0 aliphatic carbocycles. The summed E-state index contributed by atoms with van der Waals surface area (Å²) in [6.45, 7) is 1.84. The summed E-state index contributed by atoms with van der Waals surface area (Å²) < 4.78 is 5.26. The summed E-state index contributed by atoms with van der Waals surface area (Å²) in [4.78, 5) is 25.3. The Morgan fingerprint density at radius 3 is 2.50 bits per heavy atom. The number of carbonyl (C=O) groups excluding carboxylic acids is 1. The number of nitrogens with zero attached hydrogens (tertiary/aromatic N) is 2. The summed E-state index contributed by atoms with van der Waals surface area (Å²) in [5.41, 5.74) is 2.79. The smallest absolute Gasteiger partial charge is 0.309 e. The van der Waals surface area contributed by atoms with Crippen LogP contribution >= 0.6 is 0 Å². The molecule has 3 aromatic rings. The fraction of sp³-hybridized carbons (Fsp3) is 0.190. The van der Waals surface area contributed by atoms with Crippen molar-refractivity contribution in [2.75, 3.05) is 18.4 Å². The maximum absolute atomic E-state index is 12.4. The minimum absolute atomic E-state index is 0.211. The molecule has 2 aromatic carbocycles. The molecule has 2 heterocycles. The molecule has 142 valence electrons. The number of carbonyl (C=O) groups is 2. The molecule has 0 unspecified atom stereocenters. The van der Waals surface area contributed by atoms with Gasteiger partial charge in [-0.3, -0.25) is 14.5 Å². The van der Waals surface area contributed by atoms with Crippen LogP contribution in [0.1, 0.15) is 16.1 Å². The second-order valence-corrected chi connectivity index (χ2v) is 6.82. The molecule has 0 radical (unpaired) electrons. The van der Waals surface area contributed by atoms with Crippen molar-refractivity contribution >= 4 is 17.6 Å². The van der Waals surface area contributed by atoms with E-state index in [1.165, 1.54) is 0 Å². The fourth-order valence-corrected chi connectivity index (χ4v) is 3.12. The van der Waals surface area contributed by atoms with Crippen molar-refractivity contribution in [3.8, 4) is 11.3 Å². The van der Waals surface area contributed by atoms with Crippen molar-refractivity contribution in [3.05, 3.63) is 71.9 Å². The molecule has 28 heavy (non-hydrogen) atoms. The van der Waals surface area contributed by atoms with Gasteiger partial charge >= 0.3 is 5.97 Å². The van der Waals surface area contributed by atoms with Gasteiger partial charge in [-0.05, 0) is 17.7 Å². The zero-order chi connectivity index (χ0) is 19.5. The average molecular weight is 377 g/mol. The van der Waals surface area contributed by atoms with Gasteiger partial charge in [0.15, 0.2) is 11.5 Å². The third-order valence-electron chi connectivity index (χ3n) is 4.73. The number of carboxylic acid groups (broad SMARTS) is 1. The highest BCUT2D eigenvalue weighted by atomic mass is 16.5. The fourth-order valence-electron chi connectivity index (χ4n) is 3.12. The second kappa shape index (κ2) is 7.66. The van der Waals surface area contributed by atoms with Gasteiger partial charge in [0.2, 0.25) is 0 Å². The highest BCUT2D eigenvalue weighted by Crippen LogP contribution is 2.22. The van der Waals surface area contributed by atoms with E-state index in [-0.39, 0.29) is 17.5 Å². The number of hydrogen-bond acceptors (Lipinski definition) is 5. The predicted molar refractivity (Wildman–Crippen MR) is 103 cm³/mol. The summed E-state index contributed by atoms with van der Waals surface area (Å²) >= 11 is 0. The lowest BCUT2D eigenvalue weighted by Crippen LogP contribution is -2.49. The lowest BCUT2D eigenvalue weighted by atomic mass is 9.99. The van der Waals surface area contributed by atoms with E-state index in [9.17, 15) is 9.59 Å². The standard InChI is InChI=1S/C21H19N3O4/c25-20(18-10-19(28-23-18)15-4-2-1-3-5-15)22-17-8-6-14(7-9-17)11-24-12-16(13-24)21(26)27/h1-10,16H,11-13H2,(H,22,25)(H,26,27). The molecule has 7 nitrogen and oxygen atoms in total. The van der Waals surface area contributed by atoms with Crippen molar-refractivity contribution in [1.29, 1.82) is 0 Å². The molecule has 0 atom stereocenters. The summed E-state index contributed by atoms with van der Waals surface area (Å²) in [7, 11) is 0. The quantitative estimate of drug-likeness (QED) is 0.685. The minimum atomic E-state index is -0.738. The molecule has 1 saturated heterocycles. The SMILES string of the molecule is O=C(Nc1ccc(CN2CC(C(=O)O)C2)cc1)c1cc(-c2ccccc2)on1. The van der Waals surface area contributed by atoms with Gasteiger partial charge in [0.05, 0.1) is 5.92 Å². The van der Waals surface area contributed by atoms with E-state index in [1.807, 2.05) is 54.6 Å². The molecule has 1 aromatic heterocycles. The van der Waals surface area contributed by atoms with Crippen LogP contribution in [0.25, 0.3) is 11.3 Å². The number of anilines is 1. The van der Waals surface area contributed by atoms with E-state index >= 15 is 0 Å². The molecule has 1 aliphatic heterocycles. The number of nitrogens with one attached hydrogen (secondary N) is 1. The van der Waals surface area contributed by atoms with Gasteiger partial charge in [-0.25, -0.2) is 0 Å². The zero-order valence-electron chi connectivity index (χ0n) is 15.0. The summed E-state index contributed by atoms with van der Waals surface area (Å²) in [6, 6.07) is 18.5. The normalized spacial score (nSPS) is 14.4. The van der Waals surface area contributed by atoms with E-state index in [0.29, 0.717) is 31.1 Å². The summed E-state index contributed by atoms with van der Waals surface area (Å²) in [6.07, 6.45) is 0. The minimum Gasteiger partial charge on any atom is -0.481 e. The first-order valence-corrected chi connectivity index (χ1v) is 8.96. The van der Waals surface area contributed by atoms with Crippen molar-refractivity contribution in [1.82, 2.24) is 10.1 Å². The first kappa shape index (κ1) is 17.9. The van der Waals surface area contributed by atoms with Gasteiger partial charge in [-0.2, -0.15) is 0 Å². The molecule has 1 fully saturated rings. The molecular weight excluding hydrogens is 358 g/mol. The number of aliphatic carboxylic acids is 1. The molecule has 1 amide bonds. The third-order valence-corrected chi connectivity index (χ3v) is 4.73. The van der Waals surface area contributed by atoms with Crippen molar-refractivity contribution in [3.63, 3.8) is 0 Å². The first-order chi connectivity index (χ1) is 13.6. The van der Waals surface area contributed by atoms with Gasteiger partial charge in [-0.15, -0.1) is 0 Å². The van der Waals surface area contributed by atoms with Crippen LogP contribution in [0.5, 0.6) is 0 Å². The van der Waals surface area contributed by atoms with E-state index in [1.54, 1.807) is 6.07 Å². The van der Waals surface area contributed by atoms with Gasteiger partial charge in [-0.1, -0.05) is 47.6 Å². The number of benzene rings is 2. The zero-order valence-corrected chi connectivity index (χ0v) is 15.0. The van der Waals surface area contributed by atoms with Crippen molar-refractivity contribution < 1.29 is 19.2 Å². The monoisotopic (exact) mass is 377 g/mol. The Balaban J connectivity index is 1.34. The Bertz CT molecular complexity index is 976. The number of hydrogen-bond donors (Lipinski definition) is 2. The first-order valence-electron chi connectivity index (χ1n) is 8.96. The second-order valence-electron chi connectivity index (χ2n) is 6.82. The number of likely N-dealkylation sites (tertiary alicyclic amines) is 1. The molecular formula is C21H19N3O4. The molecule has 0 saturated carbocycles. The molecule has 7 heteroatoms. The number of rotatable bonds is 6. The topological polar surface area (TPSA) is 95.7 Å². The highest BCUT2D eigenvalue weighted by molar-refractivity contribution is 6.03. The van der Waals surface area contributed by atoms with Crippen molar-refractivity contribution in [2.45, 2.75) is 6.54 Å². The van der Waals surface area contributed by atoms with Crippen LogP contribution in [-0.2, 0) is 11.3 Å². The van der Waals surface area contributed by atoms with E-state index in [4.69, 9.17) is 9.63 Å². The van der Waals surface area contributed by atoms with Gasteiger partial charge in [0.1, 0.15) is 0 Å². The largest absolute Gasteiger partial charge is 0.481 e. The Hall–Kier alpha value is -3.45. The maximum Gasteiger partial charge on any atom is 0.309 e. The molecule has 1 aliphatic rings. The maximum atomic E-state index is 12.4. The van der Waals surface area contributed by atoms with Crippen LogP contribution in [0, 0.1) is 5.92 Å². The van der Waals surface area contributed by atoms with Crippen molar-refractivity contribution in [2.24, 2.45) is 5.92 Å². The Morgan fingerprint density at radius 2 is 1.82 bits per heavy atom. The van der Waals surface area contributed by atoms with Crippen LogP contribution in [0.4, 0.5) is 5.69 Å². The van der Waals surface area contributed by atoms with Crippen LogP contribution in [0.2, 0.25) is 0 Å². The summed E-state index contributed by atoms with van der Waals surface area (Å²) in [5, 5.41) is 15.6. The van der Waals surface area contributed by atoms with Gasteiger partial charge < -0.3 is 14.9 Å². The van der Waals surface area contributed by atoms with E-state index < -0.39 is 5.97 Å². The summed E-state index contributed by atoms with van der Waals surface area (Å²) in [5.74, 6) is -0.805. The Morgan fingerprint density at radius 1 is 1.11 bits per heavy atom. The average Bonchev–Trinajstić information content (AvgIpc) is 3.16. The van der Waals surface area contributed by atoms with Gasteiger partial charge in [0, 0.05) is 37.0 Å². The number of carboxylic acids is 1. The lowest BCUT2D eigenvalue weighted by Gasteiger charge is -2.36. The Labute approximate surface area is 161 Å². The van der Waals surface area contributed by atoms with Crippen LogP contribution in [0.15, 0.2) is 65.2 Å². The Kier molecular flexibility index (Phi) is 4.90. The number of amides is 1. The van der Waals surface area contributed by atoms with Crippen LogP contribution < -0.4 is 5.32 Å².